The summed E-state index contributed by atoms with van der Waals surface area (Å²) in [4.78, 5) is 16.8. The number of nitrogens with one attached hydrogen (secondary N) is 1. The van der Waals surface area contributed by atoms with Gasteiger partial charge in [-0.3, -0.25) is 4.79 Å². The molecule has 3 rings (SSSR count). The van der Waals surface area contributed by atoms with E-state index in [-0.39, 0.29) is 17.1 Å². The van der Waals surface area contributed by atoms with Gasteiger partial charge in [0.25, 0.3) is 5.91 Å². The zero-order valence-electron chi connectivity index (χ0n) is 13.8. The molecule has 2 heterocycles. The molecule has 0 bridgehead atoms. The maximum absolute atomic E-state index is 12.3. The van der Waals surface area contributed by atoms with E-state index >= 15 is 0 Å². The minimum atomic E-state index is -0.444. The van der Waals surface area contributed by atoms with Crippen LogP contribution >= 0.6 is 0 Å². The number of carbonyl (C=O) groups excluding carboxylic acids is 1. The first-order chi connectivity index (χ1) is 11.4. The fraction of sp³-hybridized carbons (Fsp3) is 0.278. The third-order valence-electron chi connectivity index (χ3n) is 3.61. The van der Waals surface area contributed by atoms with Gasteiger partial charge in [0.05, 0.1) is 6.26 Å². The van der Waals surface area contributed by atoms with Crippen molar-refractivity contribution in [2.75, 3.05) is 0 Å². The molecule has 1 atom stereocenters. The van der Waals surface area contributed by atoms with Gasteiger partial charge in [0, 0.05) is 5.56 Å². The molecule has 1 N–H and O–H groups in total. The van der Waals surface area contributed by atoms with E-state index in [0.29, 0.717) is 11.7 Å². The normalized spacial score (nSPS) is 12.8. The molecular formula is C18H19N3O3. The first kappa shape index (κ1) is 16.0. The number of hydrogen-bond donors (Lipinski definition) is 1. The van der Waals surface area contributed by atoms with E-state index in [4.69, 9.17) is 8.94 Å². The summed E-state index contributed by atoms with van der Waals surface area (Å²) in [5, 5.41) is 6.94. The summed E-state index contributed by atoms with van der Waals surface area (Å²) in [6, 6.07) is 12.4. The summed E-state index contributed by atoms with van der Waals surface area (Å²) in [5.74, 6) is 0.778. The van der Waals surface area contributed by atoms with Gasteiger partial charge in [-0.05, 0) is 17.5 Å². The van der Waals surface area contributed by atoms with Crippen LogP contribution in [0.5, 0.6) is 0 Å². The second-order valence-corrected chi connectivity index (χ2v) is 6.57. The standard InChI is InChI=1S/C18H19N3O3/c1-18(2,3)14(19-16(22)13-10-7-11-23-13)17-20-15(21-24-17)12-8-5-4-6-9-12/h4-11,14H,1-3H3,(H,19,22)/t14-/m1/s1. The van der Waals surface area contributed by atoms with E-state index in [9.17, 15) is 4.79 Å². The lowest BCUT2D eigenvalue weighted by molar-refractivity contribution is 0.0852. The third-order valence-corrected chi connectivity index (χ3v) is 3.61. The summed E-state index contributed by atoms with van der Waals surface area (Å²) in [6.07, 6.45) is 1.46. The van der Waals surface area contributed by atoms with Crippen LogP contribution in [0.15, 0.2) is 57.7 Å². The van der Waals surface area contributed by atoms with Crippen molar-refractivity contribution < 1.29 is 13.7 Å². The molecule has 0 aliphatic carbocycles. The van der Waals surface area contributed by atoms with Crippen molar-refractivity contribution in [3.63, 3.8) is 0 Å². The van der Waals surface area contributed by atoms with Crippen LogP contribution < -0.4 is 5.32 Å². The highest BCUT2D eigenvalue weighted by atomic mass is 16.5. The Morgan fingerprint density at radius 1 is 1.12 bits per heavy atom. The van der Waals surface area contributed by atoms with Crippen LogP contribution in [0.25, 0.3) is 11.4 Å². The van der Waals surface area contributed by atoms with Crippen molar-refractivity contribution in [3.8, 4) is 11.4 Å². The number of benzene rings is 1. The average Bonchev–Trinajstić information content (AvgIpc) is 3.23. The highest BCUT2D eigenvalue weighted by Crippen LogP contribution is 2.33. The van der Waals surface area contributed by atoms with E-state index in [1.54, 1.807) is 12.1 Å². The van der Waals surface area contributed by atoms with Crippen LogP contribution in [0, 0.1) is 5.41 Å². The molecule has 0 spiro atoms. The van der Waals surface area contributed by atoms with Gasteiger partial charge in [-0.1, -0.05) is 56.3 Å². The summed E-state index contributed by atoms with van der Waals surface area (Å²) in [5.41, 5.74) is 0.542. The topological polar surface area (TPSA) is 81.2 Å². The van der Waals surface area contributed by atoms with Gasteiger partial charge in [0.2, 0.25) is 11.7 Å². The molecule has 0 unspecified atom stereocenters. The van der Waals surface area contributed by atoms with Gasteiger partial charge in [-0.25, -0.2) is 0 Å². The molecule has 2 aromatic heterocycles. The van der Waals surface area contributed by atoms with Crippen molar-refractivity contribution in [3.05, 3.63) is 60.4 Å². The Morgan fingerprint density at radius 3 is 2.50 bits per heavy atom. The predicted molar refractivity (Wildman–Crippen MR) is 88.1 cm³/mol. The molecule has 0 saturated heterocycles. The average molecular weight is 325 g/mol. The molecule has 124 valence electrons. The monoisotopic (exact) mass is 325 g/mol. The van der Waals surface area contributed by atoms with E-state index < -0.39 is 6.04 Å². The number of carbonyl (C=O) groups is 1. The van der Waals surface area contributed by atoms with Gasteiger partial charge in [0.1, 0.15) is 6.04 Å². The molecule has 1 aromatic carbocycles. The van der Waals surface area contributed by atoms with Crippen molar-refractivity contribution in [1.29, 1.82) is 0 Å². The van der Waals surface area contributed by atoms with Crippen LogP contribution in [0.1, 0.15) is 43.3 Å². The Morgan fingerprint density at radius 2 is 1.88 bits per heavy atom. The summed E-state index contributed by atoms with van der Waals surface area (Å²) >= 11 is 0. The lowest BCUT2D eigenvalue weighted by Gasteiger charge is -2.27. The Balaban J connectivity index is 1.87. The molecule has 1 amide bonds. The minimum Gasteiger partial charge on any atom is -0.459 e. The van der Waals surface area contributed by atoms with Gasteiger partial charge in [-0.2, -0.15) is 4.98 Å². The number of rotatable bonds is 4. The predicted octanol–water partition coefficient (Wildman–Crippen LogP) is 3.85. The zero-order chi connectivity index (χ0) is 17.2. The fourth-order valence-electron chi connectivity index (χ4n) is 2.32. The second kappa shape index (κ2) is 6.31. The number of aromatic nitrogens is 2. The smallest absolute Gasteiger partial charge is 0.287 e. The van der Waals surface area contributed by atoms with Gasteiger partial charge in [-0.15, -0.1) is 0 Å². The van der Waals surface area contributed by atoms with Crippen molar-refractivity contribution in [1.82, 2.24) is 15.5 Å². The quantitative estimate of drug-likeness (QED) is 0.788. The van der Waals surface area contributed by atoms with Crippen molar-refractivity contribution in [2.45, 2.75) is 26.8 Å². The number of furan rings is 1. The maximum atomic E-state index is 12.3. The maximum Gasteiger partial charge on any atom is 0.287 e. The van der Waals surface area contributed by atoms with Crippen LogP contribution in [-0.4, -0.2) is 16.0 Å². The van der Waals surface area contributed by atoms with Gasteiger partial charge >= 0.3 is 0 Å². The Kier molecular flexibility index (Phi) is 4.20. The SMILES string of the molecule is CC(C)(C)[C@H](NC(=O)c1ccco1)c1nc(-c2ccccc2)no1. The fourth-order valence-corrected chi connectivity index (χ4v) is 2.32. The molecule has 6 nitrogen and oxygen atoms in total. The van der Waals surface area contributed by atoms with E-state index in [1.165, 1.54) is 6.26 Å². The van der Waals surface area contributed by atoms with Crippen LogP contribution in [0.3, 0.4) is 0 Å². The second-order valence-electron chi connectivity index (χ2n) is 6.57. The van der Waals surface area contributed by atoms with Crippen LogP contribution in [0.4, 0.5) is 0 Å². The molecule has 0 aliphatic heterocycles. The van der Waals surface area contributed by atoms with Gasteiger partial charge in [0.15, 0.2) is 5.76 Å². The Labute approximate surface area is 139 Å². The minimum absolute atomic E-state index is 0.243. The highest BCUT2D eigenvalue weighted by Gasteiger charge is 2.33. The number of hydrogen-bond acceptors (Lipinski definition) is 5. The summed E-state index contributed by atoms with van der Waals surface area (Å²) in [6.45, 7) is 5.98. The van der Waals surface area contributed by atoms with E-state index in [2.05, 4.69) is 15.5 Å². The molecule has 24 heavy (non-hydrogen) atoms. The van der Waals surface area contributed by atoms with Crippen LogP contribution in [-0.2, 0) is 0 Å². The first-order valence-corrected chi connectivity index (χ1v) is 7.68. The molecule has 3 aromatic rings. The zero-order valence-corrected chi connectivity index (χ0v) is 13.8. The lowest BCUT2D eigenvalue weighted by Crippen LogP contribution is -2.36. The van der Waals surface area contributed by atoms with Crippen molar-refractivity contribution >= 4 is 5.91 Å². The van der Waals surface area contributed by atoms with E-state index in [1.807, 2.05) is 51.1 Å². The molecule has 6 heteroatoms. The number of nitrogens with zero attached hydrogens (tertiary/aromatic N) is 2. The molecule has 0 aliphatic rings. The largest absolute Gasteiger partial charge is 0.459 e. The summed E-state index contributed by atoms with van der Waals surface area (Å²) in [7, 11) is 0. The molecule has 0 radical (unpaired) electrons. The van der Waals surface area contributed by atoms with Crippen LogP contribution in [0.2, 0.25) is 0 Å². The Hall–Kier alpha value is -2.89. The Bertz CT molecular complexity index is 802. The summed E-state index contributed by atoms with van der Waals surface area (Å²) < 4.78 is 10.6. The molecule has 0 fully saturated rings. The van der Waals surface area contributed by atoms with E-state index in [0.717, 1.165) is 5.56 Å². The lowest BCUT2D eigenvalue weighted by atomic mass is 9.86. The number of amides is 1. The molecule has 0 saturated carbocycles. The highest BCUT2D eigenvalue weighted by molar-refractivity contribution is 5.91. The first-order valence-electron chi connectivity index (χ1n) is 7.68. The third kappa shape index (κ3) is 3.37. The van der Waals surface area contributed by atoms with Gasteiger partial charge < -0.3 is 14.3 Å². The van der Waals surface area contributed by atoms with Crippen molar-refractivity contribution in [2.24, 2.45) is 5.41 Å². The molecular weight excluding hydrogens is 306 g/mol.